The van der Waals surface area contributed by atoms with Crippen molar-refractivity contribution in [2.45, 2.75) is 38.7 Å². The van der Waals surface area contributed by atoms with Crippen molar-refractivity contribution in [1.82, 2.24) is 4.90 Å². The van der Waals surface area contributed by atoms with Crippen LogP contribution in [0.3, 0.4) is 0 Å². The van der Waals surface area contributed by atoms with Gasteiger partial charge in [-0.3, -0.25) is 4.79 Å². The largest absolute Gasteiger partial charge is 0.392 e. The molecule has 4 heteroatoms. The highest BCUT2D eigenvalue weighted by molar-refractivity contribution is 5.78. The molecule has 1 rings (SSSR count). The van der Waals surface area contributed by atoms with Crippen LogP contribution >= 0.6 is 0 Å². The van der Waals surface area contributed by atoms with Crippen LogP contribution in [-0.2, 0) is 4.79 Å². The zero-order valence-corrected chi connectivity index (χ0v) is 10.4. The average molecular weight is 228 g/mol. The van der Waals surface area contributed by atoms with Crippen LogP contribution in [0.4, 0.5) is 0 Å². The molecule has 3 atom stereocenters. The number of carbonyl (C=O) groups excluding carboxylic acids is 1. The molecule has 16 heavy (non-hydrogen) atoms. The number of nitrogens with two attached hydrogens (primary N) is 1. The molecule has 3 N–H and O–H groups in total. The number of likely N-dealkylation sites (N-methyl/N-ethyl adjacent to an activating group) is 1. The number of amides is 1. The Morgan fingerprint density at radius 1 is 1.56 bits per heavy atom. The Balaban J connectivity index is 2.46. The summed E-state index contributed by atoms with van der Waals surface area (Å²) in [6.07, 6.45) is 3.68. The second kappa shape index (κ2) is 6.21. The minimum absolute atomic E-state index is 0.117. The molecular formula is C12H24N2O2. The number of hydrogen-bond acceptors (Lipinski definition) is 3. The summed E-state index contributed by atoms with van der Waals surface area (Å²) in [6, 6.07) is 0. The minimum atomic E-state index is -0.456. The molecular weight excluding hydrogens is 204 g/mol. The number of carbonyl (C=O) groups is 1. The molecule has 4 nitrogen and oxygen atoms in total. The van der Waals surface area contributed by atoms with Crippen LogP contribution < -0.4 is 5.73 Å². The van der Waals surface area contributed by atoms with Gasteiger partial charge in [0.05, 0.1) is 6.10 Å². The van der Waals surface area contributed by atoms with Gasteiger partial charge in [-0.2, -0.15) is 0 Å². The summed E-state index contributed by atoms with van der Waals surface area (Å²) in [5, 5.41) is 9.25. The Morgan fingerprint density at radius 2 is 2.25 bits per heavy atom. The van der Waals surface area contributed by atoms with E-state index in [0.29, 0.717) is 19.0 Å². The van der Waals surface area contributed by atoms with E-state index in [0.717, 1.165) is 25.7 Å². The fraction of sp³-hybridized carbons (Fsp3) is 0.917. The van der Waals surface area contributed by atoms with Crippen LogP contribution in [0.5, 0.6) is 0 Å². The molecule has 3 unspecified atom stereocenters. The molecule has 0 spiro atoms. The van der Waals surface area contributed by atoms with E-state index in [-0.39, 0.29) is 11.8 Å². The quantitative estimate of drug-likeness (QED) is 0.740. The maximum Gasteiger partial charge on any atom is 0.225 e. The van der Waals surface area contributed by atoms with Crippen molar-refractivity contribution in [1.29, 1.82) is 0 Å². The Hall–Kier alpha value is -0.610. The summed E-state index contributed by atoms with van der Waals surface area (Å²) in [5.74, 6) is 0.785. The summed E-state index contributed by atoms with van der Waals surface area (Å²) in [4.78, 5) is 13.7. The first-order valence-corrected chi connectivity index (χ1v) is 6.17. The topological polar surface area (TPSA) is 66.6 Å². The predicted octanol–water partition coefficient (Wildman–Crippen LogP) is 0.591. The molecule has 0 aromatic heterocycles. The molecule has 0 aromatic carbocycles. The highest BCUT2D eigenvalue weighted by Crippen LogP contribution is 2.29. The summed E-state index contributed by atoms with van der Waals surface area (Å²) in [6.45, 7) is 2.81. The van der Waals surface area contributed by atoms with E-state index in [2.05, 4.69) is 0 Å². The first kappa shape index (κ1) is 13.5. The smallest absolute Gasteiger partial charge is 0.225 e. The van der Waals surface area contributed by atoms with Crippen molar-refractivity contribution in [3.8, 4) is 0 Å². The van der Waals surface area contributed by atoms with Gasteiger partial charge in [-0.15, -0.1) is 0 Å². The standard InChI is InChI=1S/C12H24N2O2/c1-9(15)8-14(2)12(16)11-5-3-4-10(6-11)7-13/h9-11,15H,3-8,13H2,1-2H3. The summed E-state index contributed by atoms with van der Waals surface area (Å²) < 4.78 is 0. The zero-order valence-electron chi connectivity index (χ0n) is 10.4. The Kier molecular flexibility index (Phi) is 5.22. The monoisotopic (exact) mass is 228 g/mol. The summed E-state index contributed by atoms with van der Waals surface area (Å²) >= 11 is 0. The van der Waals surface area contributed by atoms with Crippen molar-refractivity contribution in [3.05, 3.63) is 0 Å². The lowest BCUT2D eigenvalue weighted by atomic mass is 9.81. The molecule has 1 saturated carbocycles. The number of hydrogen-bond donors (Lipinski definition) is 2. The van der Waals surface area contributed by atoms with Gasteiger partial charge >= 0.3 is 0 Å². The first-order valence-electron chi connectivity index (χ1n) is 6.17. The Labute approximate surface area is 97.8 Å². The third-order valence-corrected chi connectivity index (χ3v) is 3.38. The van der Waals surface area contributed by atoms with Crippen LogP contribution in [-0.4, -0.2) is 42.2 Å². The predicted molar refractivity (Wildman–Crippen MR) is 63.8 cm³/mol. The van der Waals surface area contributed by atoms with E-state index in [1.807, 2.05) is 0 Å². The van der Waals surface area contributed by atoms with E-state index >= 15 is 0 Å². The molecule has 0 aliphatic heterocycles. The maximum absolute atomic E-state index is 12.1. The van der Waals surface area contributed by atoms with Crippen molar-refractivity contribution in [2.75, 3.05) is 20.1 Å². The average Bonchev–Trinajstić information content (AvgIpc) is 2.27. The lowest BCUT2D eigenvalue weighted by Gasteiger charge is -2.31. The van der Waals surface area contributed by atoms with Crippen LogP contribution in [0.25, 0.3) is 0 Å². The second-order valence-electron chi connectivity index (χ2n) is 5.03. The molecule has 0 radical (unpaired) electrons. The molecule has 0 aromatic rings. The maximum atomic E-state index is 12.1. The van der Waals surface area contributed by atoms with E-state index in [1.54, 1.807) is 18.9 Å². The van der Waals surface area contributed by atoms with Gasteiger partial charge in [-0.1, -0.05) is 6.42 Å². The van der Waals surface area contributed by atoms with Crippen molar-refractivity contribution in [2.24, 2.45) is 17.6 Å². The third kappa shape index (κ3) is 3.76. The highest BCUT2D eigenvalue weighted by atomic mass is 16.3. The fourth-order valence-corrected chi connectivity index (χ4v) is 2.53. The van der Waals surface area contributed by atoms with Crippen molar-refractivity contribution in [3.63, 3.8) is 0 Å². The number of nitrogens with zero attached hydrogens (tertiary/aromatic N) is 1. The molecule has 0 bridgehead atoms. The Morgan fingerprint density at radius 3 is 2.81 bits per heavy atom. The fourth-order valence-electron chi connectivity index (χ4n) is 2.53. The van der Waals surface area contributed by atoms with Crippen LogP contribution in [0.2, 0.25) is 0 Å². The molecule has 1 amide bonds. The minimum Gasteiger partial charge on any atom is -0.392 e. The number of aliphatic hydroxyl groups excluding tert-OH is 1. The van der Waals surface area contributed by atoms with Gasteiger partial charge in [0.25, 0.3) is 0 Å². The van der Waals surface area contributed by atoms with E-state index in [9.17, 15) is 9.90 Å². The number of aliphatic hydroxyl groups is 1. The van der Waals surface area contributed by atoms with E-state index in [1.165, 1.54) is 0 Å². The van der Waals surface area contributed by atoms with Crippen molar-refractivity contribution < 1.29 is 9.90 Å². The normalized spacial score (nSPS) is 27.5. The molecule has 0 saturated heterocycles. The van der Waals surface area contributed by atoms with E-state index < -0.39 is 6.10 Å². The van der Waals surface area contributed by atoms with Crippen LogP contribution in [0, 0.1) is 11.8 Å². The van der Waals surface area contributed by atoms with Crippen LogP contribution in [0.15, 0.2) is 0 Å². The van der Waals surface area contributed by atoms with Gasteiger partial charge in [-0.05, 0) is 38.6 Å². The molecule has 94 valence electrons. The molecule has 1 aliphatic carbocycles. The van der Waals surface area contributed by atoms with Crippen LogP contribution in [0.1, 0.15) is 32.6 Å². The molecule has 0 heterocycles. The van der Waals surface area contributed by atoms with Crippen molar-refractivity contribution >= 4 is 5.91 Å². The lowest BCUT2D eigenvalue weighted by Crippen LogP contribution is -2.39. The lowest BCUT2D eigenvalue weighted by molar-refractivity contribution is -0.136. The van der Waals surface area contributed by atoms with Gasteiger partial charge in [0.2, 0.25) is 5.91 Å². The van der Waals surface area contributed by atoms with Gasteiger partial charge in [-0.25, -0.2) is 0 Å². The second-order valence-corrected chi connectivity index (χ2v) is 5.03. The SMILES string of the molecule is CC(O)CN(C)C(=O)C1CCCC(CN)C1. The van der Waals surface area contributed by atoms with E-state index in [4.69, 9.17) is 5.73 Å². The molecule has 1 aliphatic rings. The third-order valence-electron chi connectivity index (χ3n) is 3.38. The van der Waals surface area contributed by atoms with Gasteiger partial charge in [0, 0.05) is 19.5 Å². The summed E-state index contributed by atoms with van der Waals surface area (Å²) in [5.41, 5.74) is 5.66. The molecule has 1 fully saturated rings. The highest BCUT2D eigenvalue weighted by Gasteiger charge is 2.28. The van der Waals surface area contributed by atoms with Gasteiger partial charge < -0.3 is 15.7 Å². The van der Waals surface area contributed by atoms with Gasteiger partial charge in [0.1, 0.15) is 0 Å². The first-order chi connectivity index (χ1) is 7.54. The summed E-state index contributed by atoms with van der Waals surface area (Å²) in [7, 11) is 1.76. The Bertz CT molecular complexity index is 231. The number of rotatable bonds is 4. The van der Waals surface area contributed by atoms with Gasteiger partial charge in [0.15, 0.2) is 0 Å². The zero-order chi connectivity index (χ0) is 12.1.